The van der Waals surface area contributed by atoms with E-state index in [1.165, 1.54) is 0 Å². The predicted molar refractivity (Wildman–Crippen MR) is 88.2 cm³/mol. The second kappa shape index (κ2) is 8.82. The molecule has 0 spiro atoms. The highest BCUT2D eigenvalue weighted by atomic mass is 79.9. The van der Waals surface area contributed by atoms with Crippen LogP contribution in [0.3, 0.4) is 0 Å². The molecule has 0 aliphatic carbocycles. The summed E-state index contributed by atoms with van der Waals surface area (Å²) in [6, 6.07) is 7.31. The standard InChI is InChI=1S/C16H23BrN2O2/c1-4-14(11(2)3)19-15(20)9-10-18-16(21)12-5-7-13(17)8-6-12/h5-8,11,14H,4,9-10H2,1-3H3,(H,18,21)(H,19,20). The number of hydrogen-bond acceptors (Lipinski definition) is 2. The van der Waals surface area contributed by atoms with E-state index < -0.39 is 0 Å². The van der Waals surface area contributed by atoms with Gasteiger partial charge in [0.2, 0.25) is 5.91 Å². The molecule has 1 rings (SSSR count). The molecule has 0 saturated carbocycles. The molecule has 0 aliphatic rings. The third-order valence-corrected chi connectivity index (χ3v) is 3.86. The Balaban J connectivity index is 2.34. The topological polar surface area (TPSA) is 58.2 Å². The number of amides is 2. The number of hydrogen-bond donors (Lipinski definition) is 2. The quantitative estimate of drug-likeness (QED) is 0.790. The summed E-state index contributed by atoms with van der Waals surface area (Å²) >= 11 is 3.32. The highest BCUT2D eigenvalue weighted by Crippen LogP contribution is 2.10. The smallest absolute Gasteiger partial charge is 0.251 e. The van der Waals surface area contributed by atoms with Crippen LogP contribution in [-0.2, 0) is 4.79 Å². The fourth-order valence-electron chi connectivity index (χ4n) is 2.01. The molecule has 0 aliphatic heterocycles. The predicted octanol–water partition coefficient (Wildman–Crippen LogP) is 3.12. The van der Waals surface area contributed by atoms with Gasteiger partial charge < -0.3 is 10.6 Å². The van der Waals surface area contributed by atoms with E-state index in [2.05, 4.69) is 47.3 Å². The van der Waals surface area contributed by atoms with Crippen LogP contribution in [0.4, 0.5) is 0 Å². The van der Waals surface area contributed by atoms with Crippen LogP contribution in [0.2, 0.25) is 0 Å². The molecule has 116 valence electrons. The van der Waals surface area contributed by atoms with Crippen molar-refractivity contribution in [3.63, 3.8) is 0 Å². The Morgan fingerprint density at radius 1 is 1.19 bits per heavy atom. The third-order valence-electron chi connectivity index (χ3n) is 3.33. The van der Waals surface area contributed by atoms with Crippen molar-refractivity contribution in [3.8, 4) is 0 Å². The van der Waals surface area contributed by atoms with Gasteiger partial charge in [-0.1, -0.05) is 36.7 Å². The van der Waals surface area contributed by atoms with Gasteiger partial charge in [-0.05, 0) is 36.6 Å². The zero-order valence-corrected chi connectivity index (χ0v) is 14.4. The molecular formula is C16H23BrN2O2. The number of halogens is 1. The average molecular weight is 355 g/mol. The first-order valence-corrected chi connectivity index (χ1v) is 8.06. The summed E-state index contributed by atoms with van der Waals surface area (Å²) in [7, 11) is 0. The Bertz CT molecular complexity index is 472. The fourth-order valence-corrected chi connectivity index (χ4v) is 2.28. The maximum Gasteiger partial charge on any atom is 0.251 e. The van der Waals surface area contributed by atoms with Crippen molar-refractivity contribution in [1.82, 2.24) is 10.6 Å². The lowest BCUT2D eigenvalue weighted by atomic mass is 10.0. The molecule has 1 atom stereocenters. The van der Waals surface area contributed by atoms with Crippen molar-refractivity contribution in [2.45, 2.75) is 39.7 Å². The summed E-state index contributed by atoms with van der Waals surface area (Å²) in [5, 5.41) is 5.75. The number of benzene rings is 1. The highest BCUT2D eigenvalue weighted by Gasteiger charge is 2.14. The van der Waals surface area contributed by atoms with Crippen LogP contribution >= 0.6 is 15.9 Å². The third kappa shape index (κ3) is 6.29. The second-order valence-electron chi connectivity index (χ2n) is 5.34. The first-order valence-electron chi connectivity index (χ1n) is 7.27. The number of carbonyl (C=O) groups is 2. The molecule has 0 bridgehead atoms. The molecule has 2 amide bonds. The van der Waals surface area contributed by atoms with E-state index in [-0.39, 0.29) is 17.9 Å². The molecule has 4 nitrogen and oxygen atoms in total. The lowest BCUT2D eigenvalue weighted by Crippen LogP contribution is -2.39. The van der Waals surface area contributed by atoms with Crippen molar-refractivity contribution < 1.29 is 9.59 Å². The van der Waals surface area contributed by atoms with Crippen molar-refractivity contribution in [2.75, 3.05) is 6.54 Å². The summed E-state index contributed by atoms with van der Waals surface area (Å²) in [6.07, 6.45) is 1.21. The van der Waals surface area contributed by atoms with Crippen molar-refractivity contribution >= 4 is 27.7 Å². The van der Waals surface area contributed by atoms with Crippen molar-refractivity contribution in [2.24, 2.45) is 5.92 Å². The second-order valence-corrected chi connectivity index (χ2v) is 6.25. The Morgan fingerprint density at radius 2 is 1.81 bits per heavy atom. The van der Waals surface area contributed by atoms with E-state index in [9.17, 15) is 9.59 Å². The molecule has 5 heteroatoms. The van der Waals surface area contributed by atoms with Crippen LogP contribution in [0.5, 0.6) is 0 Å². The normalized spacial score (nSPS) is 12.0. The van der Waals surface area contributed by atoms with E-state index in [0.29, 0.717) is 24.4 Å². The van der Waals surface area contributed by atoms with Gasteiger partial charge >= 0.3 is 0 Å². The van der Waals surface area contributed by atoms with E-state index in [1.54, 1.807) is 12.1 Å². The van der Waals surface area contributed by atoms with Crippen LogP contribution in [-0.4, -0.2) is 24.4 Å². The molecule has 0 radical (unpaired) electrons. The van der Waals surface area contributed by atoms with Crippen LogP contribution in [0, 0.1) is 5.92 Å². The molecule has 0 fully saturated rings. The summed E-state index contributed by atoms with van der Waals surface area (Å²) in [5.74, 6) is 0.231. The Hall–Kier alpha value is -1.36. The van der Waals surface area contributed by atoms with Crippen LogP contribution in [0.25, 0.3) is 0 Å². The average Bonchev–Trinajstić information content (AvgIpc) is 2.45. The van der Waals surface area contributed by atoms with Gasteiger partial charge in [-0.25, -0.2) is 0 Å². The maximum atomic E-state index is 11.9. The molecule has 0 heterocycles. The molecule has 1 unspecified atom stereocenters. The summed E-state index contributed by atoms with van der Waals surface area (Å²) in [5.41, 5.74) is 0.590. The monoisotopic (exact) mass is 354 g/mol. The van der Waals surface area contributed by atoms with Gasteiger partial charge in [-0.2, -0.15) is 0 Å². The molecule has 0 aromatic heterocycles. The Morgan fingerprint density at radius 3 is 2.33 bits per heavy atom. The summed E-state index contributed by atoms with van der Waals surface area (Å²) < 4.78 is 0.928. The molecule has 0 saturated heterocycles. The van der Waals surface area contributed by atoms with Crippen molar-refractivity contribution in [3.05, 3.63) is 34.3 Å². The Kier molecular flexibility index (Phi) is 7.43. The SMILES string of the molecule is CCC(NC(=O)CCNC(=O)c1ccc(Br)cc1)C(C)C. The molecule has 21 heavy (non-hydrogen) atoms. The van der Waals surface area contributed by atoms with Gasteiger partial charge in [-0.15, -0.1) is 0 Å². The Labute approximate surface area is 134 Å². The van der Waals surface area contributed by atoms with E-state index in [1.807, 2.05) is 12.1 Å². The maximum absolute atomic E-state index is 11.9. The number of rotatable bonds is 7. The van der Waals surface area contributed by atoms with Crippen LogP contribution in [0.1, 0.15) is 44.0 Å². The van der Waals surface area contributed by atoms with E-state index >= 15 is 0 Å². The first kappa shape index (κ1) is 17.7. The van der Waals surface area contributed by atoms with E-state index in [0.717, 1.165) is 10.9 Å². The zero-order valence-electron chi connectivity index (χ0n) is 12.8. The zero-order chi connectivity index (χ0) is 15.8. The first-order chi connectivity index (χ1) is 9.93. The molecular weight excluding hydrogens is 332 g/mol. The van der Waals surface area contributed by atoms with E-state index in [4.69, 9.17) is 0 Å². The summed E-state index contributed by atoms with van der Waals surface area (Å²) in [4.78, 5) is 23.7. The fraction of sp³-hybridized carbons (Fsp3) is 0.500. The van der Waals surface area contributed by atoms with Gasteiger partial charge in [0.05, 0.1) is 0 Å². The van der Waals surface area contributed by atoms with Gasteiger partial charge in [0.25, 0.3) is 5.91 Å². The van der Waals surface area contributed by atoms with Crippen molar-refractivity contribution in [1.29, 1.82) is 0 Å². The minimum absolute atomic E-state index is 0.0216. The van der Waals surface area contributed by atoms with Gasteiger partial charge in [0, 0.05) is 29.0 Å². The minimum Gasteiger partial charge on any atom is -0.353 e. The molecule has 1 aromatic carbocycles. The number of nitrogens with one attached hydrogen (secondary N) is 2. The van der Waals surface area contributed by atoms with Gasteiger partial charge in [0.15, 0.2) is 0 Å². The highest BCUT2D eigenvalue weighted by molar-refractivity contribution is 9.10. The number of carbonyl (C=O) groups excluding carboxylic acids is 2. The summed E-state index contributed by atoms with van der Waals surface area (Å²) in [6.45, 7) is 6.57. The minimum atomic E-state index is -0.161. The van der Waals surface area contributed by atoms with Gasteiger partial charge in [0.1, 0.15) is 0 Å². The van der Waals surface area contributed by atoms with Crippen LogP contribution in [0.15, 0.2) is 28.7 Å². The lowest BCUT2D eigenvalue weighted by molar-refractivity contribution is -0.122. The largest absolute Gasteiger partial charge is 0.353 e. The van der Waals surface area contributed by atoms with Crippen LogP contribution < -0.4 is 10.6 Å². The molecule has 2 N–H and O–H groups in total. The lowest BCUT2D eigenvalue weighted by Gasteiger charge is -2.20. The molecule has 1 aromatic rings. The van der Waals surface area contributed by atoms with Gasteiger partial charge in [-0.3, -0.25) is 9.59 Å².